The molecular formula is C15H14O5S2. The summed E-state index contributed by atoms with van der Waals surface area (Å²) in [5.74, 6) is -1.57. The molecular weight excluding hydrogens is 324 g/mol. The summed E-state index contributed by atoms with van der Waals surface area (Å²) >= 11 is 2.59. The van der Waals surface area contributed by atoms with Gasteiger partial charge in [0, 0.05) is 9.75 Å². The molecule has 5 nitrogen and oxygen atoms in total. The minimum atomic E-state index is -0.549. The molecule has 0 fully saturated rings. The predicted molar refractivity (Wildman–Crippen MR) is 83.7 cm³/mol. The number of ether oxygens (including phenoxy) is 2. The lowest BCUT2D eigenvalue weighted by atomic mass is 10.4. The molecule has 0 aliphatic carbocycles. The van der Waals surface area contributed by atoms with E-state index in [9.17, 15) is 14.4 Å². The van der Waals surface area contributed by atoms with Gasteiger partial charge in [-0.25, -0.2) is 9.59 Å². The van der Waals surface area contributed by atoms with Crippen LogP contribution in [0.3, 0.4) is 0 Å². The molecule has 2 aromatic rings. The van der Waals surface area contributed by atoms with Crippen molar-refractivity contribution in [3.63, 3.8) is 0 Å². The minimum absolute atomic E-state index is 0.410. The highest BCUT2D eigenvalue weighted by Gasteiger charge is 2.15. The van der Waals surface area contributed by atoms with Crippen LogP contribution in [0.2, 0.25) is 0 Å². The number of ketones is 1. The number of hydrogen-bond donors (Lipinski definition) is 0. The Bertz CT molecular complexity index is 640. The molecule has 0 saturated heterocycles. The molecule has 2 aromatic heterocycles. The van der Waals surface area contributed by atoms with Crippen LogP contribution in [0, 0.1) is 13.8 Å². The summed E-state index contributed by atoms with van der Waals surface area (Å²) in [6.07, 6.45) is 0. The Morgan fingerprint density at radius 3 is 1.55 bits per heavy atom. The first-order valence-electron chi connectivity index (χ1n) is 6.44. The van der Waals surface area contributed by atoms with Crippen molar-refractivity contribution in [1.29, 1.82) is 0 Å². The summed E-state index contributed by atoms with van der Waals surface area (Å²) in [6, 6.07) is 6.89. The van der Waals surface area contributed by atoms with Crippen molar-refractivity contribution in [1.82, 2.24) is 0 Å². The Hall–Kier alpha value is -1.99. The quantitative estimate of drug-likeness (QED) is 0.757. The lowest BCUT2D eigenvalue weighted by Crippen LogP contribution is -2.20. The average molecular weight is 338 g/mol. The first-order valence-corrected chi connectivity index (χ1v) is 8.08. The summed E-state index contributed by atoms with van der Waals surface area (Å²) in [5.41, 5.74) is 0. The highest BCUT2D eigenvalue weighted by Crippen LogP contribution is 2.17. The molecule has 0 spiro atoms. The van der Waals surface area contributed by atoms with Gasteiger partial charge in [0.2, 0.25) is 5.78 Å². The molecule has 0 N–H and O–H groups in total. The van der Waals surface area contributed by atoms with E-state index in [-0.39, 0.29) is 0 Å². The number of rotatable bonds is 6. The highest BCUT2D eigenvalue weighted by molar-refractivity contribution is 7.14. The van der Waals surface area contributed by atoms with E-state index in [1.165, 1.54) is 22.7 Å². The second-order valence-electron chi connectivity index (χ2n) is 4.51. The Morgan fingerprint density at radius 2 is 1.23 bits per heavy atom. The molecule has 2 heterocycles. The fourth-order valence-electron chi connectivity index (χ4n) is 1.56. The highest BCUT2D eigenvalue weighted by atomic mass is 32.1. The summed E-state index contributed by atoms with van der Waals surface area (Å²) in [4.78, 5) is 37.7. The third-order valence-electron chi connectivity index (χ3n) is 2.61. The zero-order chi connectivity index (χ0) is 16.1. The van der Waals surface area contributed by atoms with Crippen LogP contribution >= 0.6 is 22.7 Å². The van der Waals surface area contributed by atoms with Crippen LogP contribution in [0.5, 0.6) is 0 Å². The van der Waals surface area contributed by atoms with Crippen molar-refractivity contribution in [2.75, 3.05) is 13.2 Å². The van der Waals surface area contributed by atoms with Crippen molar-refractivity contribution in [2.45, 2.75) is 13.8 Å². The van der Waals surface area contributed by atoms with E-state index >= 15 is 0 Å². The zero-order valence-electron chi connectivity index (χ0n) is 12.1. The van der Waals surface area contributed by atoms with E-state index in [1.807, 2.05) is 13.8 Å². The van der Waals surface area contributed by atoms with Gasteiger partial charge in [0.25, 0.3) is 0 Å². The van der Waals surface area contributed by atoms with Crippen molar-refractivity contribution in [3.05, 3.63) is 43.8 Å². The summed E-state index contributed by atoms with van der Waals surface area (Å²) < 4.78 is 9.76. The van der Waals surface area contributed by atoms with Gasteiger partial charge < -0.3 is 9.47 Å². The van der Waals surface area contributed by atoms with Crippen LogP contribution in [-0.2, 0) is 14.3 Å². The van der Waals surface area contributed by atoms with Gasteiger partial charge >= 0.3 is 11.9 Å². The molecule has 0 unspecified atom stereocenters. The smallest absolute Gasteiger partial charge is 0.348 e. The van der Waals surface area contributed by atoms with Gasteiger partial charge in [0.15, 0.2) is 13.2 Å². The Morgan fingerprint density at radius 1 is 0.818 bits per heavy atom. The Balaban J connectivity index is 1.74. The van der Waals surface area contributed by atoms with Crippen LogP contribution in [0.4, 0.5) is 0 Å². The molecule has 2 rings (SSSR count). The minimum Gasteiger partial charge on any atom is -0.453 e. The second kappa shape index (κ2) is 7.33. The topological polar surface area (TPSA) is 69.7 Å². The number of hydrogen-bond acceptors (Lipinski definition) is 7. The molecule has 0 aliphatic heterocycles. The van der Waals surface area contributed by atoms with E-state index in [0.717, 1.165) is 9.75 Å². The standard InChI is InChI=1S/C15H14O5S2/c1-9-3-5-12(21-9)14(17)19-7-11(16)8-20-15(18)13-6-4-10(2)22-13/h3-6H,7-8H2,1-2H3. The van der Waals surface area contributed by atoms with Crippen molar-refractivity contribution < 1.29 is 23.9 Å². The monoisotopic (exact) mass is 338 g/mol. The maximum atomic E-state index is 11.7. The molecule has 0 atom stereocenters. The number of Topliss-reactive ketones (excluding diaryl/α,β-unsaturated/α-hetero) is 1. The van der Waals surface area contributed by atoms with Gasteiger partial charge in [0.1, 0.15) is 9.75 Å². The van der Waals surface area contributed by atoms with Gasteiger partial charge in [-0.1, -0.05) is 0 Å². The maximum Gasteiger partial charge on any atom is 0.348 e. The molecule has 0 aromatic carbocycles. The normalized spacial score (nSPS) is 10.3. The summed E-state index contributed by atoms with van der Waals surface area (Å²) in [6.45, 7) is 2.93. The number of carbonyl (C=O) groups excluding carboxylic acids is 3. The number of thiophene rings is 2. The van der Waals surface area contributed by atoms with Gasteiger partial charge in [-0.15, -0.1) is 22.7 Å². The summed E-state index contributed by atoms with van der Waals surface area (Å²) in [5, 5.41) is 0. The van der Waals surface area contributed by atoms with Crippen LogP contribution in [-0.4, -0.2) is 30.9 Å². The molecule has 0 bridgehead atoms. The van der Waals surface area contributed by atoms with Crippen molar-refractivity contribution in [3.8, 4) is 0 Å². The van der Waals surface area contributed by atoms with E-state index in [0.29, 0.717) is 9.75 Å². The van der Waals surface area contributed by atoms with Gasteiger partial charge in [-0.05, 0) is 38.1 Å². The largest absolute Gasteiger partial charge is 0.453 e. The van der Waals surface area contributed by atoms with Crippen LogP contribution in [0.15, 0.2) is 24.3 Å². The van der Waals surface area contributed by atoms with Crippen LogP contribution < -0.4 is 0 Å². The third kappa shape index (κ3) is 4.51. The van der Waals surface area contributed by atoms with Gasteiger partial charge in [-0.2, -0.15) is 0 Å². The third-order valence-corrected chi connectivity index (χ3v) is 4.57. The molecule has 0 radical (unpaired) electrons. The fraction of sp³-hybridized carbons (Fsp3) is 0.267. The number of esters is 2. The Kier molecular flexibility index (Phi) is 5.46. The zero-order valence-corrected chi connectivity index (χ0v) is 13.7. The lowest BCUT2D eigenvalue weighted by Gasteiger charge is -2.04. The Labute approximate surface area is 135 Å². The molecule has 0 saturated carbocycles. The predicted octanol–water partition coefficient (Wildman–Crippen LogP) is 3.01. The first kappa shape index (κ1) is 16.4. The van der Waals surface area contributed by atoms with E-state index < -0.39 is 30.9 Å². The molecule has 22 heavy (non-hydrogen) atoms. The van der Waals surface area contributed by atoms with Gasteiger partial charge in [0.05, 0.1) is 0 Å². The molecule has 116 valence electrons. The average Bonchev–Trinajstić information content (AvgIpc) is 3.10. The fourth-order valence-corrected chi connectivity index (χ4v) is 3.09. The molecule has 0 aliphatic rings. The van der Waals surface area contributed by atoms with Crippen LogP contribution in [0.1, 0.15) is 29.1 Å². The van der Waals surface area contributed by atoms with E-state index in [2.05, 4.69) is 0 Å². The van der Waals surface area contributed by atoms with Crippen LogP contribution in [0.25, 0.3) is 0 Å². The second-order valence-corrected chi connectivity index (χ2v) is 7.09. The first-order chi connectivity index (χ1) is 10.5. The van der Waals surface area contributed by atoms with Gasteiger partial charge in [-0.3, -0.25) is 4.79 Å². The number of aryl methyl sites for hydroxylation is 2. The molecule has 0 amide bonds. The van der Waals surface area contributed by atoms with Crippen molar-refractivity contribution >= 4 is 40.4 Å². The van der Waals surface area contributed by atoms with E-state index in [1.54, 1.807) is 24.3 Å². The maximum absolute atomic E-state index is 11.7. The molecule has 7 heteroatoms. The number of carbonyl (C=O) groups is 3. The SMILES string of the molecule is Cc1ccc(C(=O)OCC(=O)COC(=O)c2ccc(C)s2)s1. The van der Waals surface area contributed by atoms with Crippen molar-refractivity contribution in [2.24, 2.45) is 0 Å². The van der Waals surface area contributed by atoms with E-state index in [4.69, 9.17) is 9.47 Å². The summed E-state index contributed by atoms with van der Waals surface area (Å²) in [7, 11) is 0. The lowest BCUT2D eigenvalue weighted by molar-refractivity contribution is -0.125.